The highest BCUT2D eigenvalue weighted by Crippen LogP contribution is 2.44. The molecule has 288 valence electrons. The largest absolute Gasteiger partial charge is 0.664 e. The molecule has 55 heavy (non-hydrogen) atoms. The van der Waals surface area contributed by atoms with Gasteiger partial charge in [0.2, 0.25) is 0 Å². The van der Waals surface area contributed by atoms with E-state index < -0.39 is 11.8 Å². The van der Waals surface area contributed by atoms with Crippen molar-refractivity contribution < 1.29 is 39.9 Å². The Morgan fingerprint density at radius 3 is 2.47 bits per heavy atom. The number of hydrogen-bond acceptors (Lipinski definition) is 8. The number of methoxy groups -OCH3 is 1. The number of H-pyrrole nitrogens is 1. The number of aryl methyl sites for hydroxylation is 2. The van der Waals surface area contributed by atoms with Crippen molar-refractivity contribution in [2.24, 2.45) is 11.8 Å². The SMILES string of the molecule is COc1cc(CCC(=O)C(CCO)C(=O)C2C(C[N-]c3[nH]ccc3Cc3ccc(O)c(O)c3)=Cc3[n-]ccc3C2CCCCc2cccc(O)c2)ccc1O. The van der Waals surface area contributed by atoms with Crippen LogP contribution in [-0.4, -0.2) is 62.3 Å². The summed E-state index contributed by atoms with van der Waals surface area (Å²) in [4.78, 5) is 36.7. The first-order valence-electron chi connectivity index (χ1n) is 18.6. The topological polar surface area (TPSA) is 189 Å². The minimum atomic E-state index is -1.04. The molecule has 0 fully saturated rings. The van der Waals surface area contributed by atoms with Gasteiger partial charge in [0.05, 0.1) is 13.0 Å². The Bertz CT molecular complexity index is 2130. The van der Waals surface area contributed by atoms with Crippen LogP contribution in [0.3, 0.4) is 0 Å². The van der Waals surface area contributed by atoms with E-state index in [-0.39, 0.29) is 66.5 Å². The zero-order valence-corrected chi connectivity index (χ0v) is 30.8. The molecule has 0 saturated heterocycles. The molecule has 3 unspecified atom stereocenters. The summed E-state index contributed by atoms with van der Waals surface area (Å²) >= 11 is 0. The number of ketones is 2. The molecule has 3 aromatic carbocycles. The number of aliphatic hydroxyl groups excluding tert-OH is 1. The molecule has 6 rings (SSSR count). The summed E-state index contributed by atoms with van der Waals surface area (Å²) in [6, 6.07) is 20.6. The molecule has 1 aliphatic rings. The van der Waals surface area contributed by atoms with Crippen LogP contribution in [0, 0.1) is 11.8 Å². The van der Waals surface area contributed by atoms with E-state index >= 15 is 0 Å². The number of aliphatic hydroxyl groups is 1. The Balaban J connectivity index is 1.25. The first kappa shape index (κ1) is 38.8. The molecule has 2 heterocycles. The number of nitrogens with one attached hydrogen (secondary N) is 1. The van der Waals surface area contributed by atoms with Gasteiger partial charge in [0, 0.05) is 18.9 Å². The molecule has 2 aromatic heterocycles. The Morgan fingerprint density at radius 1 is 0.891 bits per heavy atom. The molecule has 11 nitrogen and oxygen atoms in total. The smallest absolute Gasteiger partial charge is 0.160 e. The zero-order valence-electron chi connectivity index (χ0n) is 30.8. The van der Waals surface area contributed by atoms with E-state index in [4.69, 9.17) is 10.1 Å². The number of benzene rings is 3. The Morgan fingerprint density at radius 2 is 1.69 bits per heavy atom. The van der Waals surface area contributed by atoms with E-state index in [0.29, 0.717) is 30.8 Å². The van der Waals surface area contributed by atoms with Crippen molar-refractivity contribution in [3.8, 4) is 28.7 Å². The quantitative estimate of drug-likeness (QED) is 0.0285. The molecule has 0 radical (unpaired) electrons. The van der Waals surface area contributed by atoms with Crippen molar-refractivity contribution in [3.05, 3.63) is 130 Å². The lowest BCUT2D eigenvalue weighted by atomic mass is 9.69. The number of rotatable bonds is 19. The highest BCUT2D eigenvalue weighted by Gasteiger charge is 2.40. The molecule has 5 aromatic rings. The van der Waals surface area contributed by atoms with Crippen molar-refractivity contribution >= 4 is 23.5 Å². The molecule has 0 spiro atoms. The van der Waals surface area contributed by atoms with Gasteiger partial charge in [-0.2, -0.15) is 6.20 Å². The van der Waals surface area contributed by atoms with E-state index in [1.165, 1.54) is 25.3 Å². The fourth-order valence-corrected chi connectivity index (χ4v) is 7.63. The standard InChI is InChI=1S/C44H47N3O8/c1-55-41-24-28(10-14-39(41)52)9-12-37(50)35(17-20-48)43(54)42-31(26-47-44-30(15-18-46-44)21-29-11-13-38(51)40(53)23-29)25-36-33(16-19-45-36)34(42)8-3-2-5-27-6-4-7-32(49)22-27/h4,6-7,10-11,13-16,18-19,22-25,34-35,42,46,48-49,51-53H,2-3,5,8-9,12,17,20-21,26H2,1H3/q-2. The number of aromatic nitrogens is 2. The fourth-order valence-electron chi connectivity index (χ4n) is 7.63. The molecule has 0 saturated carbocycles. The van der Waals surface area contributed by atoms with Crippen molar-refractivity contribution in [1.82, 2.24) is 9.97 Å². The predicted molar refractivity (Wildman–Crippen MR) is 209 cm³/mol. The van der Waals surface area contributed by atoms with Crippen LogP contribution in [0.4, 0.5) is 5.82 Å². The molecule has 3 atom stereocenters. The first-order valence-corrected chi connectivity index (χ1v) is 18.6. The number of Topliss-reactive ketones (excluding diaryl/α,β-unsaturated/α-hetero) is 2. The van der Waals surface area contributed by atoms with Crippen LogP contribution in [0.25, 0.3) is 11.4 Å². The average molecular weight is 746 g/mol. The lowest BCUT2D eigenvalue weighted by Crippen LogP contribution is -2.37. The second-order valence-corrected chi connectivity index (χ2v) is 14.1. The van der Waals surface area contributed by atoms with Crippen molar-refractivity contribution in [2.45, 2.75) is 57.3 Å². The summed E-state index contributed by atoms with van der Waals surface area (Å²) in [5, 5.41) is 54.9. The fraction of sp³-hybridized carbons (Fsp3) is 0.318. The summed E-state index contributed by atoms with van der Waals surface area (Å²) in [6.07, 6.45) is 9.26. The van der Waals surface area contributed by atoms with Crippen LogP contribution in [0.1, 0.15) is 71.5 Å². The van der Waals surface area contributed by atoms with E-state index in [1.54, 1.807) is 42.7 Å². The normalized spacial score (nSPS) is 15.6. The number of fused-ring (bicyclic) bond motifs is 1. The average Bonchev–Trinajstić information content (AvgIpc) is 3.84. The molecule has 0 amide bonds. The number of aromatic amines is 1. The van der Waals surface area contributed by atoms with E-state index in [1.807, 2.05) is 30.3 Å². The number of nitrogens with zero attached hydrogens (tertiary/aromatic N) is 2. The van der Waals surface area contributed by atoms with Gasteiger partial charge in [0.1, 0.15) is 11.5 Å². The molecular formula is C44H47N3O8-2. The minimum absolute atomic E-state index is 0.00587. The maximum atomic E-state index is 14.9. The zero-order chi connectivity index (χ0) is 38.9. The van der Waals surface area contributed by atoms with Gasteiger partial charge < -0.3 is 45.6 Å². The monoisotopic (exact) mass is 745 g/mol. The molecular weight excluding hydrogens is 698 g/mol. The number of unbranched alkanes of at least 4 members (excludes halogenated alkanes) is 1. The second kappa shape index (κ2) is 17.9. The minimum Gasteiger partial charge on any atom is -0.664 e. The van der Waals surface area contributed by atoms with Gasteiger partial charge >= 0.3 is 0 Å². The van der Waals surface area contributed by atoms with Gasteiger partial charge in [-0.25, -0.2) is 0 Å². The Labute approximate surface area is 320 Å². The van der Waals surface area contributed by atoms with Gasteiger partial charge in [-0.1, -0.05) is 72.0 Å². The number of aromatic hydroxyl groups is 4. The van der Waals surface area contributed by atoms with Crippen molar-refractivity contribution in [3.63, 3.8) is 0 Å². The summed E-state index contributed by atoms with van der Waals surface area (Å²) in [6.45, 7) is -0.175. The van der Waals surface area contributed by atoms with Gasteiger partial charge in [0.25, 0.3) is 0 Å². The highest BCUT2D eigenvalue weighted by molar-refractivity contribution is 6.05. The van der Waals surface area contributed by atoms with E-state index in [2.05, 4.69) is 9.97 Å². The highest BCUT2D eigenvalue weighted by atomic mass is 16.5. The number of carbonyl (C=O) groups excluding carboxylic acids is 2. The summed E-state index contributed by atoms with van der Waals surface area (Å²) in [5.41, 5.74) is 5.88. The molecule has 6 N–H and O–H groups in total. The lowest BCUT2D eigenvalue weighted by molar-refractivity contribution is -0.135. The van der Waals surface area contributed by atoms with Crippen molar-refractivity contribution in [1.29, 1.82) is 0 Å². The third-order valence-electron chi connectivity index (χ3n) is 10.5. The van der Waals surface area contributed by atoms with Crippen LogP contribution in [-0.2, 0) is 28.9 Å². The third-order valence-corrected chi connectivity index (χ3v) is 10.5. The predicted octanol–water partition coefficient (Wildman–Crippen LogP) is 7.38. The van der Waals surface area contributed by atoms with Crippen LogP contribution in [0.2, 0.25) is 0 Å². The van der Waals surface area contributed by atoms with E-state index in [9.17, 15) is 35.1 Å². The van der Waals surface area contributed by atoms with Crippen LogP contribution >= 0.6 is 0 Å². The van der Waals surface area contributed by atoms with Gasteiger partial charge in [-0.05, 0) is 110 Å². The second-order valence-electron chi connectivity index (χ2n) is 14.1. The number of phenols is 4. The van der Waals surface area contributed by atoms with Crippen LogP contribution in [0.15, 0.2) is 90.8 Å². The lowest BCUT2D eigenvalue weighted by Gasteiger charge is -2.37. The van der Waals surface area contributed by atoms with Gasteiger partial charge in [0.15, 0.2) is 28.8 Å². The number of carbonyl (C=O) groups is 2. The number of ether oxygens (including phenoxy) is 1. The third kappa shape index (κ3) is 9.42. The molecule has 11 heteroatoms. The first-order chi connectivity index (χ1) is 26.6. The Kier molecular flexibility index (Phi) is 12.6. The summed E-state index contributed by atoms with van der Waals surface area (Å²) in [7, 11) is 1.45. The summed E-state index contributed by atoms with van der Waals surface area (Å²) in [5.74, 6) is -1.81. The maximum Gasteiger partial charge on any atom is 0.160 e. The van der Waals surface area contributed by atoms with Crippen molar-refractivity contribution in [2.75, 3.05) is 20.3 Å². The molecule has 0 bridgehead atoms. The van der Waals surface area contributed by atoms with Gasteiger partial charge in [-0.3, -0.25) is 9.59 Å². The van der Waals surface area contributed by atoms with E-state index in [0.717, 1.165) is 58.3 Å². The van der Waals surface area contributed by atoms with Crippen LogP contribution in [0.5, 0.6) is 28.7 Å². The Hall–Kier alpha value is -5.94. The molecule has 0 aliphatic heterocycles. The summed E-state index contributed by atoms with van der Waals surface area (Å²) < 4.78 is 5.23. The maximum absolute atomic E-state index is 14.9. The van der Waals surface area contributed by atoms with Crippen LogP contribution < -0.4 is 9.72 Å². The number of hydrogen-bond donors (Lipinski definition) is 6. The number of phenolic OH excluding ortho intramolecular Hbond substituents is 4. The van der Waals surface area contributed by atoms with Gasteiger partial charge in [-0.15, -0.1) is 5.69 Å². The molecule has 1 aliphatic carbocycles.